The molecule has 1 atom stereocenters. The Morgan fingerprint density at radius 1 is 1.44 bits per heavy atom. The predicted molar refractivity (Wildman–Crippen MR) is 76.1 cm³/mol. The van der Waals surface area contributed by atoms with E-state index in [2.05, 4.69) is 38.0 Å². The second-order valence-corrected chi connectivity index (χ2v) is 7.23. The van der Waals surface area contributed by atoms with Gasteiger partial charge in [-0.2, -0.15) is 0 Å². The normalized spacial score (nSPS) is 20.6. The second-order valence-electron chi connectivity index (χ2n) is 6.06. The zero-order valence-corrected chi connectivity index (χ0v) is 12.7. The van der Waals surface area contributed by atoms with Crippen molar-refractivity contribution in [2.75, 3.05) is 6.61 Å². The highest BCUT2D eigenvalue weighted by Crippen LogP contribution is 2.23. The first-order valence-electron chi connectivity index (χ1n) is 6.76. The van der Waals surface area contributed by atoms with Gasteiger partial charge in [0.2, 0.25) is 0 Å². The van der Waals surface area contributed by atoms with Gasteiger partial charge in [-0.1, -0.05) is 0 Å². The van der Waals surface area contributed by atoms with Crippen molar-refractivity contribution in [2.24, 2.45) is 0 Å². The quantitative estimate of drug-likeness (QED) is 0.911. The van der Waals surface area contributed by atoms with E-state index in [1.165, 1.54) is 28.4 Å². The first-order chi connectivity index (χ1) is 8.44. The number of ether oxygens (including phenoxy) is 1. The van der Waals surface area contributed by atoms with Gasteiger partial charge in [0, 0.05) is 30.0 Å². The lowest BCUT2D eigenvalue weighted by atomic mass is 10.1. The molecule has 0 aliphatic carbocycles. The molecule has 0 saturated carbocycles. The van der Waals surface area contributed by atoms with E-state index < -0.39 is 0 Å². The van der Waals surface area contributed by atoms with Gasteiger partial charge in [-0.3, -0.25) is 0 Å². The van der Waals surface area contributed by atoms with E-state index >= 15 is 0 Å². The van der Waals surface area contributed by atoms with Gasteiger partial charge in [-0.25, -0.2) is 4.98 Å². The van der Waals surface area contributed by atoms with E-state index in [-0.39, 0.29) is 5.54 Å². The molecule has 102 valence electrons. The Morgan fingerprint density at radius 2 is 2.22 bits per heavy atom. The Kier molecular flexibility index (Phi) is 4.41. The van der Waals surface area contributed by atoms with Gasteiger partial charge in [0.15, 0.2) is 0 Å². The smallest absolute Gasteiger partial charge is 0.0957 e. The van der Waals surface area contributed by atoms with Crippen LogP contribution in [-0.2, 0) is 17.7 Å². The Morgan fingerprint density at radius 3 is 2.83 bits per heavy atom. The maximum absolute atomic E-state index is 5.67. The molecule has 4 heteroatoms. The third-order valence-electron chi connectivity index (χ3n) is 3.14. The van der Waals surface area contributed by atoms with Gasteiger partial charge in [0.1, 0.15) is 0 Å². The maximum Gasteiger partial charge on any atom is 0.0957 e. The first kappa shape index (κ1) is 14.0. The van der Waals surface area contributed by atoms with Crippen molar-refractivity contribution in [1.82, 2.24) is 10.3 Å². The fourth-order valence-electron chi connectivity index (χ4n) is 2.09. The summed E-state index contributed by atoms with van der Waals surface area (Å²) >= 11 is 1.83. The van der Waals surface area contributed by atoms with Crippen molar-refractivity contribution in [3.8, 4) is 0 Å². The number of rotatable bonds is 4. The van der Waals surface area contributed by atoms with Crippen molar-refractivity contribution in [1.29, 1.82) is 0 Å². The molecule has 1 saturated heterocycles. The number of hydrogen-bond acceptors (Lipinski definition) is 4. The molecule has 1 aromatic heterocycles. The monoisotopic (exact) mass is 268 g/mol. The number of thiazole rings is 1. The number of nitrogens with zero attached hydrogens (tertiary/aromatic N) is 1. The summed E-state index contributed by atoms with van der Waals surface area (Å²) in [5, 5.41) is 4.75. The molecule has 1 aromatic rings. The number of hydrogen-bond donors (Lipinski definition) is 1. The summed E-state index contributed by atoms with van der Waals surface area (Å²) < 4.78 is 5.67. The van der Waals surface area contributed by atoms with Crippen LogP contribution in [0.25, 0.3) is 0 Å². The lowest BCUT2D eigenvalue weighted by Crippen LogP contribution is -2.34. The number of nitrogens with one attached hydrogen (secondary N) is 1. The van der Waals surface area contributed by atoms with Crippen molar-refractivity contribution in [3.63, 3.8) is 0 Å². The molecule has 0 amide bonds. The lowest BCUT2D eigenvalue weighted by molar-refractivity contribution is 0.111. The third-order valence-corrected chi connectivity index (χ3v) is 4.32. The summed E-state index contributed by atoms with van der Waals surface area (Å²) in [6, 6.07) is 0. The standard InChI is InChI=1S/C14H24N2OS/c1-10-12(9-15-14(2,3)4)18-13(16-10)8-11-6-5-7-17-11/h11,15H,5-9H2,1-4H3. The molecule has 2 rings (SSSR count). The van der Waals surface area contributed by atoms with Crippen LogP contribution in [0.2, 0.25) is 0 Å². The summed E-state index contributed by atoms with van der Waals surface area (Å²) in [5.74, 6) is 0. The number of aromatic nitrogens is 1. The fourth-order valence-corrected chi connectivity index (χ4v) is 3.16. The van der Waals surface area contributed by atoms with Crippen molar-refractivity contribution in [2.45, 2.75) is 65.1 Å². The Labute approximate surface area is 114 Å². The van der Waals surface area contributed by atoms with Gasteiger partial charge in [-0.05, 0) is 40.5 Å². The van der Waals surface area contributed by atoms with Crippen molar-refractivity contribution < 1.29 is 4.74 Å². The highest BCUT2D eigenvalue weighted by molar-refractivity contribution is 7.11. The van der Waals surface area contributed by atoms with E-state index in [0.717, 1.165) is 19.6 Å². The molecule has 1 aliphatic heterocycles. The van der Waals surface area contributed by atoms with Gasteiger partial charge >= 0.3 is 0 Å². The summed E-state index contributed by atoms with van der Waals surface area (Å²) in [6.45, 7) is 10.5. The van der Waals surface area contributed by atoms with Gasteiger partial charge in [0.25, 0.3) is 0 Å². The molecule has 1 N–H and O–H groups in total. The lowest BCUT2D eigenvalue weighted by Gasteiger charge is -2.19. The van der Waals surface area contributed by atoms with Crippen LogP contribution >= 0.6 is 11.3 Å². The minimum atomic E-state index is 0.158. The van der Waals surface area contributed by atoms with Crippen LogP contribution in [0.4, 0.5) is 0 Å². The van der Waals surface area contributed by atoms with Gasteiger partial charge < -0.3 is 10.1 Å². The van der Waals surface area contributed by atoms with Crippen molar-refractivity contribution in [3.05, 3.63) is 15.6 Å². The summed E-state index contributed by atoms with van der Waals surface area (Å²) in [6.07, 6.45) is 3.78. The third kappa shape index (κ3) is 4.04. The van der Waals surface area contributed by atoms with E-state index in [0.29, 0.717) is 6.10 Å². The molecule has 1 fully saturated rings. The van der Waals surface area contributed by atoms with Gasteiger partial charge in [-0.15, -0.1) is 11.3 Å². The molecule has 18 heavy (non-hydrogen) atoms. The van der Waals surface area contributed by atoms with Crippen LogP contribution in [0.5, 0.6) is 0 Å². The molecular weight excluding hydrogens is 244 g/mol. The summed E-state index contributed by atoms with van der Waals surface area (Å²) in [4.78, 5) is 6.03. The molecule has 3 nitrogen and oxygen atoms in total. The molecule has 0 bridgehead atoms. The van der Waals surface area contributed by atoms with Crippen LogP contribution in [0.1, 0.15) is 49.2 Å². The molecular formula is C14H24N2OS. The molecule has 2 heterocycles. The Bertz CT molecular complexity index is 389. The van der Waals surface area contributed by atoms with E-state index in [9.17, 15) is 0 Å². The van der Waals surface area contributed by atoms with E-state index in [4.69, 9.17) is 4.74 Å². The van der Waals surface area contributed by atoms with Gasteiger partial charge in [0.05, 0.1) is 16.8 Å². The van der Waals surface area contributed by atoms with Crippen LogP contribution < -0.4 is 5.32 Å². The largest absolute Gasteiger partial charge is 0.378 e. The average Bonchev–Trinajstić information content (AvgIpc) is 2.85. The molecule has 1 unspecified atom stereocenters. The van der Waals surface area contributed by atoms with E-state index in [1.807, 2.05) is 11.3 Å². The van der Waals surface area contributed by atoms with Crippen LogP contribution in [0, 0.1) is 6.92 Å². The van der Waals surface area contributed by atoms with Crippen molar-refractivity contribution >= 4 is 11.3 Å². The second kappa shape index (κ2) is 5.68. The molecule has 0 radical (unpaired) electrons. The molecule has 0 aromatic carbocycles. The zero-order valence-electron chi connectivity index (χ0n) is 11.9. The highest BCUT2D eigenvalue weighted by Gasteiger charge is 2.19. The summed E-state index contributed by atoms with van der Waals surface area (Å²) in [5.41, 5.74) is 1.33. The Hall–Kier alpha value is -0.450. The highest BCUT2D eigenvalue weighted by atomic mass is 32.1. The SMILES string of the molecule is Cc1nc(CC2CCCO2)sc1CNC(C)(C)C. The van der Waals surface area contributed by atoms with E-state index in [1.54, 1.807) is 0 Å². The predicted octanol–water partition coefficient (Wildman–Crippen LogP) is 3.06. The first-order valence-corrected chi connectivity index (χ1v) is 7.57. The van der Waals surface area contributed by atoms with Crippen LogP contribution in [-0.4, -0.2) is 23.2 Å². The molecule has 1 aliphatic rings. The minimum Gasteiger partial charge on any atom is -0.378 e. The average molecular weight is 268 g/mol. The van der Waals surface area contributed by atoms with Crippen LogP contribution in [0.15, 0.2) is 0 Å². The molecule has 0 spiro atoms. The zero-order chi connectivity index (χ0) is 13.2. The minimum absolute atomic E-state index is 0.158. The topological polar surface area (TPSA) is 34.1 Å². The maximum atomic E-state index is 5.67. The fraction of sp³-hybridized carbons (Fsp3) is 0.786. The van der Waals surface area contributed by atoms with Crippen LogP contribution in [0.3, 0.4) is 0 Å². The number of aryl methyl sites for hydroxylation is 1. The summed E-state index contributed by atoms with van der Waals surface area (Å²) in [7, 11) is 0. The Balaban J connectivity index is 1.93.